The number of benzene rings is 2. The smallest absolute Gasteiger partial charge is 0.310 e. The standard InChI is InChI=1S/C23H18N6O4/c1-14-6-5-7-17-15(2)10-20(26-22(14)17)28-23(16(11-24)12-25-28)27-21(30)13-33-19-9-4-3-8-18(19)29(31)32/h3-10,12H,13H2,1-2H3,(H,27,30). The van der Waals surface area contributed by atoms with Crippen LogP contribution in [-0.2, 0) is 4.79 Å². The summed E-state index contributed by atoms with van der Waals surface area (Å²) in [7, 11) is 0. The fourth-order valence-electron chi connectivity index (χ4n) is 3.42. The molecule has 0 unspecified atom stereocenters. The highest BCUT2D eigenvalue weighted by Gasteiger charge is 2.19. The lowest BCUT2D eigenvalue weighted by Crippen LogP contribution is -2.23. The topological polar surface area (TPSA) is 136 Å². The number of nitrogens with one attached hydrogen (secondary N) is 1. The molecule has 1 N–H and O–H groups in total. The summed E-state index contributed by atoms with van der Waals surface area (Å²) in [6.45, 7) is 3.40. The van der Waals surface area contributed by atoms with Crippen LogP contribution in [0.5, 0.6) is 5.75 Å². The van der Waals surface area contributed by atoms with E-state index >= 15 is 0 Å². The van der Waals surface area contributed by atoms with Crippen LogP contribution < -0.4 is 10.1 Å². The van der Waals surface area contributed by atoms with Crippen molar-refractivity contribution < 1.29 is 14.5 Å². The number of anilines is 1. The summed E-state index contributed by atoms with van der Waals surface area (Å²) in [4.78, 5) is 27.8. The number of hydrogen-bond acceptors (Lipinski definition) is 7. The minimum atomic E-state index is -0.611. The van der Waals surface area contributed by atoms with Crippen LogP contribution in [0.3, 0.4) is 0 Å². The van der Waals surface area contributed by atoms with Crippen molar-refractivity contribution in [2.45, 2.75) is 13.8 Å². The Labute approximate surface area is 188 Å². The van der Waals surface area contributed by atoms with E-state index in [-0.39, 0.29) is 22.8 Å². The number of para-hydroxylation sites is 3. The van der Waals surface area contributed by atoms with Crippen LogP contribution in [0.4, 0.5) is 11.5 Å². The van der Waals surface area contributed by atoms with E-state index in [2.05, 4.69) is 15.4 Å². The molecule has 10 nitrogen and oxygen atoms in total. The number of nitro benzene ring substituents is 1. The summed E-state index contributed by atoms with van der Waals surface area (Å²) in [6, 6.07) is 15.4. The van der Waals surface area contributed by atoms with Gasteiger partial charge in [0, 0.05) is 11.5 Å². The maximum atomic E-state index is 12.6. The first-order valence-corrected chi connectivity index (χ1v) is 9.90. The van der Waals surface area contributed by atoms with E-state index in [0.29, 0.717) is 5.82 Å². The second-order valence-electron chi connectivity index (χ2n) is 7.26. The van der Waals surface area contributed by atoms with Crippen LogP contribution in [0.1, 0.15) is 16.7 Å². The van der Waals surface area contributed by atoms with Gasteiger partial charge in [-0.25, -0.2) is 4.98 Å². The lowest BCUT2D eigenvalue weighted by molar-refractivity contribution is -0.385. The van der Waals surface area contributed by atoms with Gasteiger partial charge < -0.3 is 10.1 Å². The molecule has 4 rings (SSSR count). The predicted molar refractivity (Wildman–Crippen MR) is 120 cm³/mol. The Balaban J connectivity index is 1.63. The molecule has 164 valence electrons. The molecule has 0 spiro atoms. The number of ether oxygens (including phenoxy) is 1. The van der Waals surface area contributed by atoms with Gasteiger partial charge in [0.15, 0.2) is 24.0 Å². The number of hydrogen-bond donors (Lipinski definition) is 1. The molecule has 0 aliphatic rings. The number of aryl methyl sites for hydroxylation is 2. The number of carbonyl (C=O) groups is 1. The van der Waals surface area contributed by atoms with Crippen molar-refractivity contribution in [2.75, 3.05) is 11.9 Å². The first-order valence-electron chi connectivity index (χ1n) is 9.90. The van der Waals surface area contributed by atoms with E-state index < -0.39 is 17.4 Å². The quantitative estimate of drug-likeness (QED) is 0.354. The third kappa shape index (κ3) is 4.20. The Morgan fingerprint density at radius 3 is 2.76 bits per heavy atom. The van der Waals surface area contributed by atoms with Crippen LogP contribution in [0.25, 0.3) is 16.7 Å². The Morgan fingerprint density at radius 2 is 2.00 bits per heavy atom. The fraction of sp³-hybridized carbons (Fsp3) is 0.130. The lowest BCUT2D eigenvalue weighted by atomic mass is 10.1. The molecule has 0 saturated heterocycles. The van der Waals surface area contributed by atoms with E-state index in [0.717, 1.165) is 22.0 Å². The second-order valence-corrected chi connectivity index (χ2v) is 7.26. The molecule has 0 radical (unpaired) electrons. The third-order valence-corrected chi connectivity index (χ3v) is 5.02. The van der Waals surface area contributed by atoms with Gasteiger partial charge in [-0.05, 0) is 37.1 Å². The van der Waals surface area contributed by atoms with Crippen LogP contribution in [0.15, 0.2) is 54.7 Å². The van der Waals surface area contributed by atoms with Gasteiger partial charge in [0.25, 0.3) is 5.91 Å². The number of nitro groups is 1. The Hall–Kier alpha value is -4.78. The molecule has 2 heterocycles. The molecular weight excluding hydrogens is 424 g/mol. The van der Waals surface area contributed by atoms with E-state index in [1.165, 1.54) is 29.1 Å². The van der Waals surface area contributed by atoms with Crippen molar-refractivity contribution in [1.82, 2.24) is 14.8 Å². The number of fused-ring (bicyclic) bond motifs is 1. The molecule has 2 aromatic heterocycles. The molecule has 0 saturated carbocycles. The van der Waals surface area contributed by atoms with Gasteiger partial charge in [-0.3, -0.25) is 14.9 Å². The summed E-state index contributed by atoms with van der Waals surface area (Å²) >= 11 is 0. The van der Waals surface area contributed by atoms with E-state index in [1.54, 1.807) is 6.07 Å². The summed E-state index contributed by atoms with van der Waals surface area (Å²) in [6.07, 6.45) is 1.33. The summed E-state index contributed by atoms with van der Waals surface area (Å²) in [5, 5.41) is 28.4. The number of amides is 1. The first-order chi connectivity index (χ1) is 15.9. The monoisotopic (exact) mass is 442 g/mol. The van der Waals surface area contributed by atoms with E-state index in [9.17, 15) is 20.2 Å². The van der Waals surface area contributed by atoms with Crippen molar-refractivity contribution in [3.63, 3.8) is 0 Å². The van der Waals surface area contributed by atoms with Gasteiger partial charge in [-0.15, -0.1) is 0 Å². The van der Waals surface area contributed by atoms with Crippen molar-refractivity contribution in [3.8, 4) is 17.6 Å². The molecule has 0 atom stereocenters. The maximum absolute atomic E-state index is 12.6. The van der Waals surface area contributed by atoms with Crippen LogP contribution in [0, 0.1) is 35.3 Å². The van der Waals surface area contributed by atoms with Crippen molar-refractivity contribution >= 4 is 28.3 Å². The zero-order chi connectivity index (χ0) is 23.5. The van der Waals surface area contributed by atoms with Crippen molar-refractivity contribution in [1.29, 1.82) is 5.26 Å². The zero-order valence-electron chi connectivity index (χ0n) is 17.8. The van der Waals surface area contributed by atoms with E-state index in [1.807, 2.05) is 44.2 Å². The van der Waals surface area contributed by atoms with Crippen LogP contribution in [0.2, 0.25) is 0 Å². The van der Waals surface area contributed by atoms with Gasteiger partial charge in [-0.1, -0.05) is 30.3 Å². The average Bonchev–Trinajstić information content (AvgIpc) is 3.20. The molecule has 0 aliphatic heterocycles. The van der Waals surface area contributed by atoms with Crippen molar-refractivity contribution in [2.24, 2.45) is 0 Å². The highest BCUT2D eigenvalue weighted by molar-refractivity contribution is 5.93. The minimum Gasteiger partial charge on any atom is -0.477 e. The molecule has 1 amide bonds. The number of rotatable bonds is 6. The van der Waals surface area contributed by atoms with E-state index in [4.69, 9.17) is 4.74 Å². The summed E-state index contributed by atoms with van der Waals surface area (Å²) < 4.78 is 6.71. The number of carbonyl (C=O) groups excluding carboxylic acids is 1. The number of nitrogens with zero attached hydrogens (tertiary/aromatic N) is 5. The fourth-order valence-corrected chi connectivity index (χ4v) is 3.42. The average molecular weight is 442 g/mol. The second kappa shape index (κ2) is 8.76. The zero-order valence-corrected chi connectivity index (χ0v) is 17.8. The van der Waals surface area contributed by atoms with Gasteiger partial charge in [0.1, 0.15) is 11.6 Å². The molecule has 4 aromatic rings. The van der Waals surface area contributed by atoms with Gasteiger partial charge in [-0.2, -0.15) is 15.0 Å². The molecule has 10 heteroatoms. The molecular formula is C23H18N6O4. The molecule has 2 aromatic carbocycles. The normalized spacial score (nSPS) is 10.6. The molecule has 33 heavy (non-hydrogen) atoms. The van der Waals surface area contributed by atoms with Crippen LogP contribution >= 0.6 is 0 Å². The summed E-state index contributed by atoms with van der Waals surface area (Å²) in [5.41, 5.74) is 2.62. The van der Waals surface area contributed by atoms with Crippen LogP contribution in [-0.4, -0.2) is 32.2 Å². The SMILES string of the molecule is Cc1cc(-n2ncc(C#N)c2NC(=O)COc2ccccc2[N+](=O)[O-])nc2c(C)cccc12. The third-order valence-electron chi connectivity index (χ3n) is 5.02. The Kier molecular flexibility index (Phi) is 5.69. The first kappa shape index (κ1) is 21.5. The maximum Gasteiger partial charge on any atom is 0.310 e. The summed E-state index contributed by atoms with van der Waals surface area (Å²) in [5.74, 6) is -0.0757. The largest absolute Gasteiger partial charge is 0.477 e. The number of pyridine rings is 1. The molecule has 0 aliphatic carbocycles. The molecule has 0 bridgehead atoms. The van der Waals surface area contributed by atoms with Gasteiger partial charge in [0.05, 0.1) is 16.6 Å². The highest BCUT2D eigenvalue weighted by Crippen LogP contribution is 2.27. The molecule has 0 fully saturated rings. The Morgan fingerprint density at radius 1 is 1.21 bits per heavy atom. The highest BCUT2D eigenvalue weighted by atomic mass is 16.6. The Bertz CT molecular complexity index is 1440. The van der Waals surface area contributed by atoms with Gasteiger partial charge in [0.2, 0.25) is 0 Å². The number of nitriles is 1. The van der Waals surface area contributed by atoms with Crippen molar-refractivity contribution in [3.05, 3.63) is 81.5 Å². The lowest BCUT2D eigenvalue weighted by Gasteiger charge is -2.12. The van der Waals surface area contributed by atoms with Gasteiger partial charge >= 0.3 is 5.69 Å². The number of aromatic nitrogens is 3. The predicted octanol–water partition coefficient (Wildman–Crippen LogP) is 3.83. The minimum absolute atomic E-state index is 0.0334.